The molecule has 0 atom stereocenters. The lowest BCUT2D eigenvalue weighted by Gasteiger charge is -2.50. The zero-order chi connectivity index (χ0) is 22.2. The van der Waals surface area contributed by atoms with Gasteiger partial charge in [-0.05, 0) is 50.4 Å². The number of aryl methyl sites for hydroxylation is 1. The second kappa shape index (κ2) is 8.13. The Kier molecular flexibility index (Phi) is 5.66. The van der Waals surface area contributed by atoms with E-state index in [1.165, 1.54) is 10.6 Å². The van der Waals surface area contributed by atoms with Gasteiger partial charge in [-0.3, -0.25) is 13.9 Å². The Morgan fingerprint density at radius 3 is 2.35 bits per heavy atom. The first kappa shape index (κ1) is 21.6. The summed E-state index contributed by atoms with van der Waals surface area (Å²) in [6, 6.07) is 0. The van der Waals surface area contributed by atoms with Gasteiger partial charge in [0.05, 0.1) is 0 Å². The highest BCUT2D eigenvalue weighted by atomic mass is 16.4. The fraction of sp³-hybridized carbons (Fsp3) is 0.652. The largest absolute Gasteiger partial charge is 0.478 e. The molecule has 8 nitrogen and oxygen atoms in total. The minimum Gasteiger partial charge on any atom is -0.478 e. The zero-order valence-corrected chi connectivity index (χ0v) is 18.4. The third kappa shape index (κ3) is 3.66. The summed E-state index contributed by atoms with van der Waals surface area (Å²) in [6.45, 7) is 4.86. The molecule has 2 saturated carbocycles. The fourth-order valence-corrected chi connectivity index (χ4v) is 5.89. The molecule has 2 aliphatic carbocycles. The van der Waals surface area contributed by atoms with Crippen LogP contribution < -0.4 is 11.2 Å². The van der Waals surface area contributed by atoms with Gasteiger partial charge in [0.25, 0.3) is 5.56 Å². The topological polar surface area (TPSA) is 110 Å². The molecule has 0 aromatic carbocycles. The van der Waals surface area contributed by atoms with Crippen molar-refractivity contribution >= 4 is 17.1 Å². The molecule has 8 heteroatoms. The van der Waals surface area contributed by atoms with Crippen molar-refractivity contribution in [3.8, 4) is 0 Å². The Morgan fingerprint density at radius 2 is 1.74 bits per heavy atom. The summed E-state index contributed by atoms with van der Waals surface area (Å²) in [6.07, 6.45) is 11.3. The smallest absolute Gasteiger partial charge is 0.332 e. The van der Waals surface area contributed by atoms with Gasteiger partial charge >= 0.3 is 11.7 Å². The first-order valence-electron chi connectivity index (χ1n) is 11.5. The summed E-state index contributed by atoms with van der Waals surface area (Å²) in [4.78, 5) is 45.5. The van der Waals surface area contributed by atoms with Crippen molar-refractivity contribution in [1.82, 2.24) is 19.1 Å². The van der Waals surface area contributed by atoms with Gasteiger partial charge in [-0.2, -0.15) is 0 Å². The number of carboxylic acid groups (broad SMARTS) is 1. The van der Waals surface area contributed by atoms with E-state index >= 15 is 0 Å². The van der Waals surface area contributed by atoms with Crippen LogP contribution in [-0.4, -0.2) is 30.2 Å². The molecule has 31 heavy (non-hydrogen) atoms. The number of carboxylic acids is 1. The lowest BCUT2D eigenvalue weighted by atomic mass is 9.54. The van der Waals surface area contributed by atoms with Gasteiger partial charge in [-0.25, -0.2) is 14.6 Å². The van der Waals surface area contributed by atoms with E-state index in [-0.39, 0.29) is 22.1 Å². The van der Waals surface area contributed by atoms with Crippen LogP contribution in [-0.2, 0) is 23.3 Å². The molecule has 2 N–H and O–H groups in total. The van der Waals surface area contributed by atoms with E-state index in [0.717, 1.165) is 57.2 Å². The van der Waals surface area contributed by atoms with Crippen molar-refractivity contribution in [2.75, 3.05) is 0 Å². The number of allylic oxidation sites excluding steroid dienone is 1. The average molecular weight is 429 g/mol. The minimum atomic E-state index is -0.917. The van der Waals surface area contributed by atoms with Crippen molar-refractivity contribution in [3.05, 3.63) is 38.8 Å². The third-order valence-electron chi connectivity index (χ3n) is 7.19. The van der Waals surface area contributed by atoms with Crippen LogP contribution in [0.5, 0.6) is 0 Å². The maximum Gasteiger partial charge on any atom is 0.332 e. The Balaban J connectivity index is 1.85. The van der Waals surface area contributed by atoms with Crippen LogP contribution in [0.25, 0.3) is 11.2 Å². The molecule has 4 rings (SSSR count). The van der Waals surface area contributed by atoms with E-state index in [1.807, 2.05) is 19.9 Å². The monoisotopic (exact) mass is 428 g/mol. The normalized spacial score (nSPS) is 26.0. The number of hydrogen-bond acceptors (Lipinski definition) is 4. The van der Waals surface area contributed by atoms with Crippen LogP contribution in [0.1, 0.15) is 77.5 Å². The summed E-state index contributed by atoms with van der Waals surface area (Å²) in [7, 11) is 0. The summed E-state index contributed by atoms with van der Waals surface area (Å²) in [5.41, 5.74) is -0.0757. The Bertz CT molecular complexity index is 1130. The number of hydrogen-bond donors (Lipinski definition) is 2. The van der Waals surface area contributed by atoms with Gasteiger partial charge in [-0.1, -0.05) is 32.8 Å². The van der Waals surface area contributed by atoms with Crippen molar-refractivity contribution in [1.29, 1.82) is 0 Å². The number of imidazole rings is 1. The van der Waals surface area contributed by atoms with E-state index in [4.69, 9.17) is 10.1 Å². The van der Waals surface area contributed by atoms with Crippen molar-refractivity contribution in [2.45, 2.75) is 90.1 Å². The molecular formula is C23H32N4O4. The molecule has 168 valence electrons. The average Bonchev–Trinajstić information content (AvgIpc) is 3.19. The lowest BCUT2D eigenvalue weighted by molar-refractivity contribution is -0.131. The molecule has 2 aromatic rings. The number of nitrogens with zero attached hydrogens (tertiary/aromatic N) is 3. The van der Waals surface area contributed by atoms with E-state index in [0.29, 0.717) is 30.7 Å². The lowest BCUT2D eigenvalue weighted by Crippen LogP contribution is -2.43. The van der Waals surface area contributed by atoms with Crippen molar-refractivity contribution in [2.24, 2.45) is 5.41 Å². The number of aliphatic carboxylic acids is 1. The fourth-order valence-electron chi connectivity index (χ4n) is 5.89. The molecule has 0 aliphatic heterocycles. The number of rotatable bonds is 7. The van der Waals surface area contributed by atoms with Gasteiger partial charge in [0.1, 0.15) is 11.3 Å². The highest BCUT2D eigenvalue weighted by Crippen LogP contribution is 2.56. The third-order valence-corrected chi connectivity index (χ3v) is 7.19. The Morgan fingerprint density at radius 1 is 1.10 bits per heavy atom. The number of aromatic amines is 1. The van der Waals surface area contributed by atoms with Crippen LogP contribution in [0.4, 0.5) is 0 Å². The van der Waals surface area contributed by atoms with Gasteiger partial charge in [0, 0.05) is 24.6 Å². The summed E-state index contributed by atoms with van der Waals surface area (Å²) in [5.74, 6) is -0.134. The molecule has 0 spiro atoms. The number of nitrogens with one attached hydrogen (secondary N) is 1. The van der Waals surface area contributed by atoms with E-state index < -0.39 is 5.97 Å². The molecule has 0 unspecified atom stereocenters. The molecule has 0 amide bonds. The maximum absolute atomic E-state index is 13.1. The summed E-state index contributed by atoms with van der Waals surface area (Å²) >= 11 is 0. The van der Waals surface area contributed by atoms with Gasteiger partial charge < -0.3 is 10.1 Å². The standard InChI is InChI=1S/C23H32N4O4/c1-3-13-26-18-17(19(30)27(14-4-2)21(26)31)24-20(25-18)23-10-5-8-22(15-23,9-6-11-23)12-7-16(28)29/h7,12H,3-6,8-11,13-15H2,1-2H3,(H,24,25)(H,28,29). The molecule has 0 saturated heterocycles. The first-order chi connectivity index (χ1) is 14.8. The SMILES string of the molecule is CCCn1c(=O)c2[nH]c(C34CCCC(C=CC(=O)O)(CCC3)C4)nc2n(CCC)c1=O. The zero-order valence-electron chi connectivity index (χ0n) is 18.4. The molecule has 2 aromatic heterocycles. The Hall–Kier alpha value is -2.64. The highest BCUT2D eigenvalue weighted by molar-refractivity contribution is 5.79. The van der Waals surface area contributed by atoms with Crippen LogP contribution in [0, 0.1) is 5.41 Å². The molecule has 2 heterocycles. The molecule has 2 fully saturated rings. The second-order valence-corrected chi connectivity index (χ2v) is 9.37. The predicted octanol–water partition coefficient (Wildman–Crippen LogP) is 3.33. The Labute approximate surface area is 181 Å². The molecule has 2 bridgehead atoms. The first-order valence-corrected chi connectivity index (χ1v) is 11.5. The van der Waals surface area contributed by atoms with E-state index in [2.05, 4.69) is 4.98 Å². The van der Waals surface area contributed by atoms with Crippen molar-refractivity contribution in [3.63, 3.8) is 0 Å². The quantitative estimate of drug-likeness (QED) is 0.657. The van der Waals surface area contributed by atoms with Crippen LogP contribution >= 0.6 is 0 Å². The molecule has 0 radical (unpaired) electrons. The second-order valence-electron chi connectivity index (χ2n) is 9.37. The maximum atomic E-state index is 13.1. The van der Waals surface area contributed by atoms with E-state index in [1.54, 1.807) is 4.57 Å². The van der Waals surface area contributed by atoms with Crippen LogP contribution in [0.3, 0.4) is 0 Å². The molecule has 2 aliphatic rings. The summed E-state index contributed by atoms with van der Waals surface area (Å²) in [5, 5.41) is 9.15. The van der Waals surface area contributed by atoms with E-state index in [9.17, 15) is 14.4 Å². The number of aromatic nitrogens is 4. The van der Waals surface area contributed by atoms with Crippen molar-refractivity contribution < 1.29 is 9.90 Å². The van der Waals surface area contributed by atoms with Crippen LogP contribution in [0.2, 0.25) is 0 Å². The van der Waals surface area contributed by atoms with Gasteiger partial charge in [-0.15, -0.1) is 0 Å². The minimum absolute atomic E-state index is 0.140. The van der Waals surface area contributed by atoms with Gasteiger partial charge in [0.2, 0.25) is 0 Å². The highest BCUT2D eigenvalue weighted by Gasteiger charge is 2.49. The number of fused-ring (bicyclic) bond motifs is 3. The summed E-state index contributed by atoms with van der Waals surface area (Å²) < 4.78 is 2.95. The van der Waals surface area contributed by atoms with Gasteiger partial charge in [0.15, 0.2) is 5.65 Å². The predicted molar refractivity (Wildman–Crippen MR) is 118 cm³/mol. The number of carbonyl (C=O) groups is 1. The number of H-pyrrole nitrogens is 1. The van der Waals surface area contributed by atoms with Crippen LogP contribution in [0.15, 0.2) is 21.7 Å². The molecular weight excluding hydrogens is 396 g/mol.